The Labute approximate surface area is 100 Å². The van der Waals surface area contributed by atoms with Crippen LogP contribution in [-0.2, 0) is 9.53 Å². The molecule has 0 aliphatic carbocycles. The largest absolute Gasteiger partial charge is 0.471 e. The minimum absolute atomic E-state index is 0.117. The average molecular weight is 268 g/mol. The molecule has 94 valence electrons. The van der Waals surface area contributed by atoms with Crippen molar-refractivity contribution in [3.05, 3.63) is 12.2 Å². The molecule has 3 atom stereocenters. The van der Waals surface area contributed by atoms with Gasteiger partial charge in [-0.15, -0.1) is 11.6 Å². The van der Waals surface area contributed by atoms with Gasteiger partial charge in [0.15, 0.2) is 0 Å². The maximum absolute atomic E-state index is 12.3. The van der Waals surface area contributed by atoms with E-state index in [1.165, 1.54) is 0 Å². The number of ether oxygens (including phenoxy) is 1. The van der Waals surface area contributed by atoms with E-state index < -0.39 is 22.6 Å². The Morgan fingerprint density at radius 3 is 2.71 bits per heavy atom. The second kappa shape index (κ2) is 2.98. The van der Waals surface area contributed by atoms with Crippen LogP contribution in [0.25, 0.3) is 0 Å². The minimum atomic E-state index is -4.86. The van der Waals surface area contributed by atoms with E-state index >= 15 is 0 Å². The molecule has 2 bridgehead atoms. The van der Waals surface area contributed by atoms with Crippen LogP contribution in [0.1, 0.15) is 6.42 Å². The van der Waals surface area contributed by atoms with Crippen LogP contribution >= 0.6 is 11.6 Å². The molecule has 1 spiro atoms. The second-order valence-corrected chi connectivity index (χ2v) is 5.46. The highest BCUT2D eigenvalue weighted by molar-refractivity contribution is 6.26. The van der Waals surface area contributed by atoms with E-state index in [-0.39, 0.29) is 19.2 Å². The molecule has 17 heavy (non-hydrogen) atoms. The molecule has 3 rings (SSSR count). The van der Waals surface area contributed by atoms with E-state index in [9.17, 15) is 18.0 Å². The maximum atomic E-state index is 12.3. The van der Waals surface area contributed by atoms with Gasteiger partial charge in [0.25, 0.3) is 0 Å². The first-order chi connectivity index (χ1) is 7.76. The zero-order valence-electron chi connectivity index (χ0n) is 8.63. The van der Waals surface area contributed by atoms with Crippen molar-refractivity contribution < 1.29 is 22.7 Å². The first kappa shape index (κ1) is 11.3. The van der Waals surface area contributed by atoms with Gasteiger partial charge in [0.05, 0.1) is 17.5 Å². The summed E-state index contributed by atoms with van der Waals surface area (Å²) in [5.41, 5.74) is -0.930. The highest BCUT2D eigenvalue weighted by Gasteiger charge is 2.67. The summed E-state index contributed by atoms with van der Waals surface area (Å²) in [6.07, 6.45) is -1.05. The van der Waals surface area contributed by atoms with Gasteiger partial charge in [-0.25, -0.2) is 0 Å². The molecule has 2 fully saturated rings. The summed E-state index contributed by atoms with van der Waals surface area (Å²) < 4.78 is 42.6. The predicted molar refractivity (Wildman–Crippen MR) is 52.6 cm³/mol. The average Bonchev–Trinajstić information content (AvgIpc) is 2.76. The Kier molecular flexibility index (Phi) is 1.99. The van der Waals surface area contributed by atoms with Crippen LogP contribution in [0.3, 0.4) is 0 Å². The van der Waals surface area contributed by atoms with Crippen molar-refractivity contribution in [3.8, 4) is 0 Å². The van der Waals surface area contributed by atoms with Crippen molar-refractivity contribution in [2.24, 2.45) is 0 Å². The highest BCUT2D eigenvalue weighted by Crippen LogP contribution is 2.54. The number of carbonyl (C=O) groups excluding carboxylic acids is 1. The van der Waals surface area contributed by atoms with E-state index in [0.717, 1.165) is 4.90 Å². The number of fused-ring (bicyclic) bond motifs is 1. The van der Waals surface area contributed by atoms with Crippen LogP contribution in [-0.4, -0.2) is 46.7 Å². The van der Waals surface area contributed by atoms with Gasteiger partial charge in [0.1, 0.15) is 5.60 Å². The van der Waals surface area contributed by atoms with Gasteiger partial charge in [-0.1, -0.05) is 12.2 Å². The normalized spacial score (nSPS) is 43.3. The third-order valence-electron chi connectivity index (χ3n) is 3.62. The summed E-state index contributed by atoms with van der Waals surface area (Å²) in [6, 6.07) is 0. The molecule has 3 aliphatic rings. The van der Waals surface area contributed by atoms with Gasteiger partial charge in [-0.3, -0.25) is 4.79 Å². The van der Waals surface area contributed by atoms with Crippen molar-refractivity contribution in [2.75, 3.05) is 13.1 Å². The predicted octanol–water partition coefficient (Wildman–Crippen LogP) is 1.47. The molecule has 0 aromatic carbocycles. The van der Waals surface area contributed by atoms with E-state index in [2.05, 4.69) is 0 Å². The van der Waals surface area contributed by atoms with Gasteiger partial charge in [0, 0.05) is 13.0 Å². The molecule has 0 aromatic heterocycles. The molecular weight excluding hydrogens is 259 g/mol. The smallest absolute Gasteiger partial charge is 0.360 e. The first-order valence-electron chi connectivity index (χ1n) is 5.18. The molecule has 0 aromatic rings. The molecule has 7 heteroatoms. The summed E-state index contributed by atoms with van der Waals surface area (Å²) in [5, 5.41) is 0. The maximum Gasteiger partial charge on any atom is 0.471 e. The van der Waals surface area contributed by atoms with E-state index in [1.54, 1.807) is 12.2 Å². The second-order valence-electron chi connectivity index (χ2n) is 4.73. The Balaban J connectivity index is 1.87. The SMILES string of the molecule is O=C(N1C[C@]2(Cl)C[C@H]3C=C[C@]2(C1)O3)C(F)(F)F. The monoisotopic (exact) mass is 267 g/mol. The summed E-state index contributed by atoms with van der Waals surface area (Å²) in [6.45, 7) is -0.240. The molecule has 0 saturated carbocycles. The summed E-state index contributed by atoms with van der Waals surface area (Å²) in [5.74, 6) is -1.85. The highest BCUT2D eigenvalue weighted by atomic mass is 35.5. The zero-order chi connectivity index (χ0) is 12.5. The van der Waals surface area contributed by atoms with Crippen molar-refractivity contribution in [1.82, 2.24) is 4.90 Å². The number of amides is 1. The minimum Gasteiger partial charge on any atom is -0.360 e. The summed E-state index contributed by atoms with van der Waals surface area (Å²) in [4.78, 5) is 11.0. The molecule has 3 aliphatic heterocycles. The van der Waals surface area contributed by atoms with Gasteiger partial charge in [0.2, 0.25) is 0 Å². The first-order valence-corrected chi connectivity index (χ1v) is 5.56. The van der Waals surface area contributed by atoms with Crippen LogP contribution < -0.4 is 0 Å². The lowest BCUT2D eigenvalue weighted by Gasteiger charge is -2.28. The van der Waals surface area contributed by atoms with Crippen molar-refractivity contribution in [2.45, 2.75) is 29.2 Å². The number of hydrogen-bond acceptors (Lipinski definition) is 2. The summed E-state index contributed by atoms with van der Waals surface area (Å²) in [7, 11) is 0. The molecule has 0 unspecified atom stereocenters. The van der Waals surface area contributed by atoms with Gasteiger partial charge in [-0.05, 0) is 0 Å². The number of nitrogens with zero attached hydrogens (tertiary/aromatic N) is 1. The number of halogens is 4. The number of carbonyl (C=O) groups is 1. The van der Waals surface area contributed by atoms with Crippen LogP contribution in [0.4, 0.5) is 13.2 Å². The molecule has 0 N–H and O–H groups in total. The zero-order valence-corrected chi connectivity index (χ0v) is 9.38. The topological polar surface area (TPSA) is 29.5 Å². The lowest BCUT2D eigenvalue weighted by atomic mass is 9.85. The van der Waals surface area contributed by atoms with Crippen molar-refractivity contribution in [3.63, 3.8) is 0 Å². The number of hydrogen-bond donors (Lipinski definition) is 0. The van der Waals surface area contributed by atoms with E-state index in [1.807, 2.05) is 0 Å². The Bertz CT molecular complexity index is 424. The molecular formula is C10H9ClF3NO2. The van der Waals surface area contributed by atoms with E-state index in [0.29, 0.717) is 6.42 Å². The van der Waals surface area contributed by atoms with Gasteiger partial charge >= 0.3 is 12.1 Å². The van der Waals surface area contributed by atoms with Crippen LogP contribution in [0.15, 0.2) is 12.2 Å². The molecule has 1 amide bonds. The Morgan fingerprint density at radius 2 is 2.18 bits per heavy atom. The van der Waals surface area contributed by atoms with Crippen molar-refractivity contribution in [1.29, 1.82) is 0 Å². The standard InChI is InChI=1S/C10H9ClF3NO2/c11-8-3-6-1-2-9(8,17-6)5-15(4-8)7(16)10(12,13)14/h1-2,6H,3-5H2/t6-,8-,9-/m1/s1. The lowest BCUT2D eigenvalue weighted by Crippen LogP contribution is -2.43. The molecule has 0 radical (unpaired) electrons. The Hall–Kier alpha value is -0.750. The van der Waals surface area contributed by atoms with Crippen molar-refractivity contribution >= 4 is 17.5 Å². The van der Waals surface area contributed by atoms with Crippen LogP contribution in [0.2, 0.25) is 0 Å². The fraction of sp³-hybridized carbons (Fsp3) is 0.700. The number of alkyl halides is 4. The van der Waals surface area contributed by atoms with Gasteiger partial charge in [-0.2, -0.15) is 13.2 Å². The Morgan fingerprint density at radius 1 is 1.47 bits per heavy atom. The number of rotatable bonds is 0. The van der Waals surface area contributed by atoms with Crippen LogP contribution in [0, 0.1) is 0 Å². The number of likely N-dealkylation sites (tertiary alicyclic amines) is 1. The lowest BCUT2D eigenvalue weighted by molar-refractivity contribution is -0.185. The van der Waals surface area contributed by atoms with Crippen LogP contribution in [0.5, 0.6) is 0 Å². The summed E-state index contributed by atoms with van der Waals surface area (Å²) >= 11 is 6.31. The third kappa shape index (κ3) is 1.37. The fourth-order valence-electron chi connectivity index (χ4n) is 2.86. The molecule has 3 nitrogen and oxygen atoms in total. The molecule has 2 saturated heterocycles. The molecule has 3 heterocycles. The fourth-order valence-corrected chi connectivity index (χ4v) is 3.33. The third-order valence-corrected chi connectivity index (χ3v) is 4.22. The quantitative estimate of drug-likeness (QED) is 0.491. The van der Waals surface area contributed by atoms with E-state index in [4.69, 9.17) is 16.3 Å². The van der Waals surface area contributed by atoms with Gasteiger partial charge < -0.3 is 9.64 Å².